The molecule has 1 aromatic carbocycles. The number of hydrogen-bond donors (Lipinski definition) is 2. The van der Waals surface area contributed by atoms with E-state index in [1.807, 2.05) is 20.8 Å². The van der Waals surface area contributed by atoms with Crippen molar-refractivity contribution in [3.8, 4) is 0 Å². The summed E-state index contributed by atoms with van der Waals surface area (Å²) in [5.41, 5.74) is 0.234. The molecule has 0 aliphatic carbocycles. The van der Waals surface area contributed by atoms with Crippen LogP contribution < -0.4 is 10.6 Å². The van der Waals surface area contributed by atoms with E-state index >= 15 is 0 Å². The van der Waals surface area contributed by atoms with Crippen LogP contribution in [-0.4, -0.2) is 38.6 Å². The van der Waals surface area contributed by atoms with Crippen molar-refractivity contribution in [2.24, 2.45) is 0 Å². The van der Waals surface area contributed by atoms with E-state index in [9.17, 15) is 18.0 Å². The van der Waals surface area contributed by atoms with E-state index in [2.05, 4.69) is 30.3 Å². The fourth-order valence-corrected chi connectivity index (χ4v) is 3.06. The van der Waals surface area contributed by atoms with Gasteiger partial charge in [0.1, 0.15) is 17.0 Å². The van der Waals surface area contributed by atoms with Crippen molar-refractivity contribution in [2.75, 3.05) is 17.7 Å². The van der Waals surface area contributed by atoms with Crippen LogP contribution in [0.1, 0.15) is 39.7 Å². The number of hydrogen-bond acceptors (Lipinski definition) is 7. The zero-order chi connectivity index (χ0) is 22.7. The van der Waals surface area contributed by atoms with Crippen LogP contribution in [0.4, 0.5) is 30.8 Å². The maximum Gasteiger partial charge on any atom is 0.305 e. The largest absolute Gasteiger partial charge is 0.469 e. The van der Waals surface area contributed by atoms with Gasteiger partial charge in [0.25, 0.3) is 0 Å². The molecular weight excluding hydrogens is 413 g/mol. The van der Waals surface area contributed by atoms with Gasteiger partial charge in [-0.25, -0.2) is 23.1 Å². The number of carbonyl (C=O) groups is 1. The lowest BCUT2D eigenvalue weighted by molar-refractivity contribution is -0.140. The van der Waals surface area contributed by atoms with Crippen LogP contribution in [0.3, 0.4) is 0 Å². The first-order valence-electron chi connectivity index (χ1n) is 9.69. The van der Waals surface area contributed by atoms with Gasteiger partial charge in [0.15, 0.2) is 17.3 Å². The molecule has 0 saturated heterocycles. The summed E-state index contributed by atoms with van der Waals surface area (Å²) in [7, 11) is 1.30. The molecule has 0 radical (unpaired) electrons. The number of fused-ring (bicyclic) bond motifs is 1. The number of esters is 1. The summed E-state index contributed by atoms with van der Waals surface area (Å²) in [6.07, 6.45) is 1.97. The van der Waals surface area contributed by atoms with Crippen molar-refractivity contribution in [1.82, 2.24) is 19.5 Å². The lowest BCUT2D eigenvalue weighted by Crippen LogP contribution is -2.15. The Morgan fingerprint density at radius 1 is 1.16 bits per heavy atom. The first-order chi connectivity index (χ1) is 14.7. The van der Waals surface area contributed by atoms with Gasteiger partial charge in [0.05, 0.1) is 13.3 Å². The lowest BCUT2D eigenvalue weighted by atomic mass is 10.2. The summed E-state index contributed by atoms with van der Waals surface area (Å²) in [5.74, 6) is -3.20. The standard InChI is InChI=1S/C20H23F3N6O2/c1-10(2)25-19-24-9-15-18(28-19)29(11(3)5-6-16(30)31-4)20(26-15)27-17-13(22)7-12(21)8-14(17)23/h7-11H,5-6H2,1-4H3,(H,26,27)(H,24,25,28)/t11-/m1/s1. The predicted molar refractivity (Wildman–Crippen MR) is 110 cm³/mol. The molecule has 0 aliphatic heterocycles. The highest BCUT2D eigenvalue weighted by Crippen LogP contribution is 2.30. The Labute approximate surface area is 176 Å². The van der Waals surface area contributed by atoms with Gasteiger partial charge < -0.3 is 15.4 Å². The van der Waals surface area contributed by atoms with Crippen molar-refractivity contribution in [3.05, 3.63) is 35.8 Å². The Morgan fingerprint density at radius 3 is 2.45 bits per heavy atom. The lowest BCUT2D eigenvalue weighted by Gasteiger charge is -2.18. The molecule has 2 aromatic heterocycles. The zero-order valence-corrected chi connectivity index (χ0v) is 17.5. The highest BCUT2D eigenvalue weighted by molar-refractivity contribution is 5.77. The molecule has 0 amide bonds. The molecule has 166 valence electrons. The summed E-state index contributed by atoms with van der Waals surface area (Å²) < 4.78 is 48.0. The minimum Gasteiger partial charge on any atom is -0.469 e. The van der Waals surface area contributed by atoms with E-state index in [-0.39, 0.29) is 24.5 Å². The van der Waals surface area contributed by atoms with Crippen molar-refractivity contribution >= 4 is 34.7 Å². The number of anilines is 3. The van der Waals surface area contributed by atoms with Gasteiger partial charge in [0.2, 0.25) is 11.9 Å². The van der Waals surface area contributed by atoms with Crippen LogP contribution >= 0.6 is 0 Å². The number of nitrogens with zero attached hydrogens (tertiary/aromatic N) is 4. The first kappa shape index (κ1) is 22.3. The predicted octanol–water partition coefficient (Wildman–Crippen LogP) is 4.32. The quantitative estimate of drug-likeness (QED) is 0.508. The first-order valence-corrected chi connectivity index (χ1v) is 9.69. The molecule has 3 aromatic rings. The number of imidazole rings is 1. The molecule has 0 aliphatic rings. The fourth-order valence-electron chi connectivity index (χ4n) is 3.06. The highest BCUT2D eigenvalue weighted by atomic mass is 19.1. The monoisotopic (exact) mass is 436 g/mol. The third-order valence-corrected chi connectivity index (χ3v) is 4.53. The van der Waals surface area contributed by atoms with Crippen LogP contribution in [0.25, 0.3) is 11.2 Å². The third-order valence-electron chi connectivity index (χ3n) is 4.53. The Morgan fingerprint density at radius 2 is 1.84 bits per heavy atom. The van der Waals surface area contributed by atoms with Crippen LogP contribution in [0.5, 0.6) is 0 Å². The fraction of sp³-hybridized carbons (Fsp3) is 0.400. The minimum atomic E-state index is -1.11. The number of halogens is 3. The molecular formula is C20H23F3N6O2. The Bertz CT molecular complexity index is 1080. The van der Waals surface area contributed by atoms with Crippen molar-refractivity contribution in [2.45, 2.75) is 45.7 Å². The van der Waals surface area contributed by atoms with E-state index in [0.717, 1.165) is 0 Å². The number of rotatable bonds is 8. The molecule has 0 bridgehead atoms. The molecule has 2 N–H and O–H groups in total. The van der Waals surface area contributed by atoms with E-state index in [0.29, 0.717) is 35.7 Å². The van der Waals surface area contributed by atoms with E-state index in [1.165, 1.54) is 13.3 Å². The van der Waals surface area contributed by atoms with Crippen molar-refractivity contribution < 1.29 is 22.7 Å². The van der Waals surface area contributed by atoms with Crippen LogP contribution in [0.15, 0.2) is 18.3 Å². The Hall–Kier alpha value is -3.37. The van der Waals surface area contributed by atoms with Crippen molar-refractivity contribution in [3.63, 3.8) is 0 Å². The summed E-state index contributed by atoms with van der Waals surface area (Å²) in [6, 6.07) is 0.873. The number of nitrogens with one attached hydrogen (secondary N) is 2. The molecule has 31 heavy (non-hydrogen) atoms. The van der Waals surface area contributed by atoms with E-state index in [4.69, 9.17) is 0 Å². The molecule has 1 atom stereocenters. The second-order valence-corrected chi connectivity index (χ2v) is 7.34. The molecule has 2 heterocycles. The number of aromatic nitrogens is 4. The topological polar surface area (TPSA) is 94.0 Å². The average molecular weight is 436 g/mol. The maximum absolute atomic E-state index is 14.2. The molecule has 8 nitrogen and oxygen atoms in total. The molecule has 0 spiro atoms. The van der Waals surface area contributed by atoms with Gasteiger partial charge in [-0.1, -0.05) is 0 Å². The molecule has 3 rings (SSSR count). The summed E-state index contributed by atoms with van der Waals surface area (Å²) >= 11 is 0. The number of carbonyl (C=O) groups excluding carboxylic acids is 1. The average Bonchev–Trinajstić information content (AvgIpc) is 3.05. The zero-order valence-electron chi connectivity index (χ0n) is 17.5. The molecule has 0 saturated carbocycles. The van der Waals surface area contributed by atoms with Gasteiger partial charge in [-0.2, -0.15) is 4.98 Å². The van der Waals surface area contributed by atoms with Gasteiger partial charge in [0, 0.05) is 30.6 Å². The van der Waals surface area contributed by atoms with Crippen molar-refractivity contribution in [1.29, 1.82) is 0 Å². The molecule has 0 unspecified atom stereocenters. The normalized spacial score (nSPS) is 12.3. The summed E-state index contributed by atoms with van der Waals surface area (Å²) in [6.45, 7) is 5.66. The SMILES string of the molecule is COC(=O)CC[C@@H](C)n1c(Nc2c(F)cc(F)cc2F)nc2cnc(NC(C)C)nc21. The van der Waals surface area contributed by atoms with Gasteiger partial charge in [-0.05, 0) is 27.2 Å². The van der Waals surface area contributed by atoms with E-state index < -0.39 is 29.1 Å². The Balaban J connectivity index is 2.07. The van der Waals surface area contributed by atoms with Gasteiger partial charge >= 0.3 is 5.97 Å². The van der Waals surface area contributed by atoms with E-state index in [1.54, 1.807) is 4.57 Å². The second kappa shape index (κ2) is 9.19. The number of benzene rings is 1. The van der Waals surface area contributed by atoms with Gasteiger partial charge in [-0.3, -0.25) is 9.36 Å². The van der Waals surface area contributed by atoms with Crippen LogP contribution in [-0.2, 0) is 9.53 Å². The smallest absolute Gasteiger partial charge is 0.305 e. The Kier molecular flexibility index (Phi) is 6.62. The third kappa shape index (κ3) is 5.04. The number of ether oxygens (including phenoxy) is 1. The molecule has 0 fully saturated rings. The maximum atomic E-state index is 14.2. The molecule has 11 heteroatoms. The summed E-state index contributed by atoms with van der Waals surface area (Å²) in [4.78, 5) is 24.6. The van der Waals surface area contributed by atoms with Crippen LogP contribution in [0, 0.1) is 17.5 Å². The highest BCUT2D eigenvalue weighted by Gasteiger charge is 2.22. The van der Waals surface area contributed by atoms with Gasteiger partial charge in [-0.15, -0.1) is 0 Å². The summed E-state index contributed by atoms with van der Waals surface area (Å²) in [5, 5.41) is 5.69. The van der Waals surface area contributed by atoms with Crippen LogP contribution in [0.2, 0.25) is 0 Å². The minimum absolute atomic E-state index is 0.0746. The second-order valence-electron chi connectivity index (χ2n) is 7.34. The number of methoxy groups -OCH3 is 1.